The molecule has 1 atom stereocenters. The summed E-state index contributed by atoms with van der Waals surface area (Å²) < 4.78 is 0. The third-order valence-corrected chi connectivity index (χ3v) is 4.45. The van der Waals surface area contributed by atoms with Crippen molar-refractivity contribution in [2.45, 2.75) is 19.8 Å². The molecule has 1 aliphatic heterocycles. The van der Waals surface area contributed by atoms with Crippen LogP contribution in [0.3, 0.4) is 0 Å². The molecule has 0 aliphatic carbocycles. The number of likely N-dealkylation sites (tertiary alicyclic amines) is 1. The predicted octanol–water partition coefficient (Wildman–Crippen LogP) is 1.46. The van der Waals surface area contributed by atoms with Crippen LogP contribution in [0.4, 0.5) is 5.82 Å². The Morgan fingerprint density at radius 2 is 1.82 bits per heavy atom. The standard InChI is InChI=1S/C17H24N4O.2CH2O2/c1-13-15-6-2-3-7-16(15)17(20-19-13)18-8-10-21-9-4-5-14(11-21)12-22;2*2-1-3/h2-3,6-7,14,22H,4-5,8-12H2,1H3,(H,18,20);2*1H,(H,2,3). The molecule has 2 aromatic rings. The van der Waals surface area contributed by atoms with Gasteiger partial charge in [-0.05, 0) is 32.2 Å². The molecule has 4 N–H and O–H groups in total. The molecule has 1 saturated heterocycles. The number of nitrogens with one attached hydrogen (secondary N) is 1. The lowest BCUT2D eigenvalue weighted by molar-refractivity contribution is -0.123. The molecule has 0 radical (unpaired) electrons. The minimum Gasteiger partial charge on any atom is -0.483 e. The highest BCUT2D eigenvalue weighted by atomic mass is 16.3. The van der Waals surface area contributed by atoms with Crippen molar-refractivity contribution in [2.75, 3.05) is 38.1 Å². The van der Waals surface area contributed by atoms with E-state index in [0.717, 1.165) is 54.9 Å². The first-order valence-corrected chi connectivity index (χ1v) is 9.06. The molecule has 28 heavy (non-hydrogen) atoms. The van der Waals surface area contributed by atoms with Gasteiger partial charge in [-0.1, -0.05) is 24.3 Å². The maximum Gasteiger partial charge on any atom is 0.290 e. The fourth-order valence-corrected chi connectivity index (χ4v) is 3.20. The predicted molar refractivity (Wildman–Crippen MR) is 106 cm³/mol. The molecular formula is C19H28N4O5. The zero-order chi connectivity index (χ0) is 20.8. The van der Waals surface area contributed by atoms with Crippen LogP contribution in [0.15, 0.2) is 24.3 Å². The van der Waals surface area contributed by atoms with Gasteiger partial charge in [0.25, 0.3) is 12.9 Å². The lowest BCUT2D eigenvalue weighted by Crippen LogP contribution is -2.39. The van der Waals surface area contributed by atoms with Gasteiger partial charge in [0.2, 0.25) is 0 Å². The SMILES string of the molecule is Cc1nnc(NCCN2CCCC(CO)C2)c2ccccc12.O=CO.O=CO. The molecule has 9 nitrogen and oxygen atoms in total. The summed E-state index contributed by atoms with van der Waals surface area (Å²) in [6.07, 6.45) is 2.33. The lowest BCUT2D eigenvalue weighted by Gasteiger charge is -2.31. The summed E-state index contributed by atoms with van der Waals surface area (Å²) in [4.78, 5) is 19.1. The molecule has 0 amide bonds. The van der Waals surface area contributed by atoms with Crippen LogP contribution in [0.2, 0.25) is 0 Å². The lowest BCUT2D eigenvalue weighted by atomic mass is 9.99. The van der Waals surface area contributed by atoms with E-state index in [1.165, 1.54) is 6.42 Å². The second kappa shape index (κ2) is 13.4. The molecule has 0 saturated carbocycles. The largest absolute Gasteiger partial charge is 0.483 e. The minimum atomic E-state index is -0.250. The van der Waals surface area contributed by atoms with E-state index in [1.54, 1.807) is 0 Å². The third kappa shape index (κ3) is 7.45. The van der Waals surface area contributed by atoms with Crippen molar-refractivity contribution < 1.29 is 24.9 Å². The van der Waals surface area contributed by atoms with Gasteiger partial charge < -0.3 is 25.5 Å². The van der Waals surface area contributed by atoms with Crippen LogP contribution in [-0.4, -0.2) is 76.1 Å². The van der Waals surface area contributed by atoms with Crippen LogP contribution in [0.1, 0.15) is 18.5 Å². The normalized spacial score (nSPS) is 16.1. The Hall–Kier alpha value is -2.78. The summed E-state index contributed by atoms with van der Waals surface area (Å²) in [5.41, 5.74) is 0.961. The zero-order valence-electron chi connectivity index (χ0n) is 16.0. The second-order valence-corrected chi connectivity index (χ2v) is 6.31. The third-order valence-electron chi connectivity index (χ3n) is 4.45. The Bertz CT molecular complexity index is 723. The Morgan fingerprint density at radius 3 is 2.46 bits per heavy atom. The Kier molecular flexibility index (Phi) is 11.1. The number of aliphatic hydroxyl groups excluding tert-OH is 1. The summed E-state index contributed by atoms with van der Waals surface area (Å²) in [6, 6.07) is 8.23. The van der Waals surface area contributed by atoms with Gasteiger partial charge >= 0.3 is 0 Å². The van der Waals surface area contributed by atoms with E-state index < -0.39 is 0 Å². The minimum absolute atomic E-state index is 0.250. The molecule has 1 unspecified atom stereocenters. The summed E-state index contributed by atoms with van der Waals surface area (Å²) in [7, 11) is 0. The molecule has 1 fully saturated rings. The van der Waals surface area contributed by atoms with Gasteiger partial charge in [-0.2, -0.15) is 5.10 Å². The molecular weight excluding hydrogens is 364 g/mol. The summed E-state index contributed by atoms with van der Waals surface area (Å²) in [5, 5.41) is 37.3. The summed E-state index contributed by atoms with van der Waals surface area (Å²) in [6.45, 7) is 5.73. The monoisotopic (exact) mass is 392 g/mol. The van der Waals surface area contributed by atoms with Crippen molar-refractivity contribution in [3.63, 3.8) is 0 Å². The molecule has 1 aromatic carbocycles. The van der Waals surface area contributed by atoms with Crippen molar-refractivity contribution in [2.24, 2.45) is 5.92 Å². The van der Waals surface area contributed by atoms with Gasteiger partial charge in [0.1, 0.15) is 0 Å². The first-order chi connectivity index (χ1) is 13.6. The number of rotatable bonds is 5. The number of aliphatic hydroxyl groups is 1. The van der Waals surface area contributed by atoms with Crippen LogP contribution in [-0.2, 0) is 9.59 Å². The summed E-state index contributed by atoms with van der Waals surface area (Å²) in [5.74, 6) is 1.30. The number of aryl methyl sites for hydroxylation is 1. The molecule has 1 aliphatic rings. The quantitative estimate of drug-likeness (QED) is 0.557. The van der Waals surface area contributed by atoms with Crippen molar-refractivity contribution in [3.8, 4) is 0 Å². The average molecular weight is 392 g/mol. The van der Waals surface area contributed by atoms with Crippen molar-refractivity contribution in [1.82, 2.24) is 15.1 Å². The van der Waals surface area contributed by atoms with Gasteiger partial charge in [0.15, 0.2) is 5.82 Å². The number of piperidine rings is 1. The number of fused-ring (bicyclic) bond motifs is 1. The average Bonchev–Trinajstić information content (AvgIpc) is 2.71. The highest BCUT2D eigenvalue weighted by molar-refractivity contribution is 5.92. The van der Waals surface area contributed by atoms with Crippen LogP contribution in [0.25, 0.3) is 10.8 Å². The molecule has 3 rings (SSSR count). The molecule has 2 heterocycles. The van der Waals surface area contributed by atoms with Crippen molar-refractivity contribution in [1.29, 1.82) is 0 Å². The number of nitrogens with zero attached hydrogens (tertiary/aromatic N) is 3. The topological polar surface area (TPSA) is 136 Å². The van der Waals surface area contributed by atoms with Crippen LogP contribution in [0, 0.1) is 12.8 Å². The van der Waals surface area contributed by atoms with E-state index in [1.807, 2.05) is 19.1 Å². The van der Waals surface area contributed by atoms with Gasteiger partial charge in [-0.3, -0.25) is 9.59 Å². The van der Waals surface area contributed by atoms with Crippen LogP contribution < -0.4 is 5.32 Å². The number of anilines is 1. The van der Waals surface area contributed by atoms with Crippen molar-refractivity contribution >= 4 is 29.5 Å². The fraction of sp³-hybridized carbons (Fsp3) is 0.474. The first kappa shape index (κ1) is 23.3. The molecule has 0 spiro atoms. The number of hydrogen-bond donors (Lipinski definition) is 4. The van der Waals surface area contributed by atoms with E-state index in [-0.39, 0.29) is 12.9 Å². The zero-order valence-corrected chi connectivity index (χ0v) is 16.0. The maximum atomic E-state index is 9.30. The van der Waals surface area contributed by atoms with Crippen LogP contribution >= 0.6 is 0 Å². The highest BCUT2D eigenvalue weighted by Gasteiger charge is 2.18. The number of hydrogen-bond acceptors (Lipinski definition) is 7. The van der Waals surface area contributed by atoms with E-state index in [9.17, 15) is 5.11 Å². The number of benzene rings is 1. The Morgan fingerprint density at radius 1 is 1.18 bits per heavy atom. The van der Waals surface area contributed by atoms with Crippen LogP contribution in [0.5, 0.6) is 0 Å². The molecule has 9 heteroatoms. The fourth-order valence-electron chi connectivity index (χ4n) is 3.20. The highest BCUT2D eigenvalue weighted by Crippen LogP contribution is 2.22. The van der Waals surface area contributed by atoms with Gasteiger partial charge in [-0.25, -0.2) is 0 Å². The molecule has 1 aromatic heterocycles. The Balaban J connectivity index is 0.000000582. The van der Waals surface area contributed by atoms with E-state index >= 15 is 0 Å². The number of aromatic nitrogens is 2. The van der Waals surface area contributed by atoms with E-state index in [0.29, 0.717) is 12.5 Å². The van der Waals surface area contributed by atoms with Gasteiger partial charge in [-0.15, -0.1) is 5.10 Å². The Labute approximate surface area is 164 Å². The van der Waals surface area contributed by atoms with E-state index in [4.69, 9.17) is 19.8 Å². The smallest absolute Gasteiger partial charge is 0.290 e. The number of carbonyl (C=O) groups is 2. The van der Waals surface area contributed by atoms with Gasteiger partial charge in [0.05, 0.1) is 5.69 Å². The number of carboxylic acid groups (broad SMARTS) is 2. The van der Waals surface area contributed by atoms with E-state index in [2.05, 4.69) is 32.5 Å². The van der Waals surface area contributed by atoms with Crippen molar-refractivity contribution in [3.05, 3.63) is 30.0 Å². The maximum absolute atomic E-state index is 9.30. The molecule has 0 bridgehead atoms. The molecule has 154 valence electrons. The van der Waals surface area contributed by atoms with Gasteiger partial charge in [0, 0.05) is 37.0 Å². The second-order valence-electron chi connectivity index (χ2n) is 6.31. The summed E-state index contributed by atoms with van der Waals surface area (Å²) >= 11 is 0. The first-order valence-electron chi connectivity index (χ1n) is 9.06.